The van der Waals surface area contributed by atoms with Crippen LogP contribution < -0.4 is 5.32 Å². The van der Waals surface area contributed by atoms with Crippen LogP contribution in [-0.2, 0) is 9.05 Å². The molecule has 8 heteroatoms. The van der Waals surface area contributed by atoms with Gasteiger partial charge in [0.25, 0.3) is 15.0 Å². The lowest BCUT2D eigenvalue weighted by Gasteiger charge is -2.09. The van der Waals surface area contributed by atoms with E-state index in [9.17, 15) is 13.2 Å². The first kappa shape index (κ1) is 16.9. The number of rotatable bonds is 6. The summed E-state index contributed by atoms with van der Waals surface area (Å²) in [6, 6.07) is 2.25. The van der Waals surface area contributed by atoms with Gasteiger partial charge >= 0.3 is 0 Å². The van der Waals surface area contributed by atoms with Crippen molar-refractivity contribution in [3.05, 3.63) is 27.7 Å². The van der Waals surface area contributed by atoms with Gasteiger partial charge in [-0.05, 0) is 30.9 Å². The van der Waals surface area contributed by atoms with Crippen LogP contribution in [-0.4, -0.2) is 20.9 Å². The maximum absolute atomic E-state index is 12.1. The Morgan fingerprint density at radius 3 is 2.52 bits per heavy atom. The first-order valence-electron chi connectivity index (χ1n) is 6.51. The van der Waals surface area contributed by atoms with E-state index in [4.69, 9.17) is 33.9 Å². The van der Waals surface area contributed by atoms with E-state index in [1.807, 2.05) is 0 Å². The molecule has 4 nitrogen and oxygen atoms in total. The van der Waals surface area contributed by atoms with Crippen LogP contribution in [0.4, 0.5) is 0 Å². The summed E-state index contributed by atoms with van der Waals surface area (Å²) in [5.74, 6) is 0.338. The Balaban J connectivity index is 2.09. The van der Waals surface area contributed by atoms with Crippen LogP contribution in [0, 0.1) is 5.92 Å². The van der Waals surface area contributed by atoms with Crippen LogP contribution in [0.1, 0.15) is 36.0 Å². The lowest BCUT2D eigenvalue weighted by molar-refractivity contribution is 0.0952. The van der Waals surface area contributed by atoms with E-state index in [-0.39, 0.29) is 20.5 Å². The lowest BCUT2D eigenvalue weighted by Crippen LogP contribution is -2.25. The fourth-order valence-corrected chi connectivity index (χ4v) is 3.23. The molecule has 0 heterocycles. The maximum atomic E-state index is 12.1. The number of carbonyl (C=O) groups is 1. The molecule has 1 N–H and O–H groups in total. The molecule has 1 amide bonds. The minimum Gasteiger partial charge on any atom is -0.352 e. The van der Waals surface area contributed by atoms with Crippen molar-refractivity contribution >= 4 is 48.8 Å². The van der Waals surface area contributed by atoms with Gasteiger partial charge < -0.3 is 5.32 Å². The molecule has 0 atom stereocenters. The fourth-order valence-electron chi connectivity index (χ4n) is 1.96. The molecule has 1 fully saturated rings. The zero-order valence-electron chi connectivity index (χ0n) is 11.0. The van der Waals surface area contributed by atoms with Crippen LogP contribution in [0.25, 0.3) is 0 Å². The van der Waals surface area contributed by atoms with E-state index in [0.29, 0.717) is 6.54 Å². The number of halogens is 3. The second-order valence-electron chi connectivity index (χ2n) is 5.05. The first-order valence-corrected chi connectivity index (χ1v) is 9.57. The summed E-state index contributed by atoms with van der Waals surface area (Å²) in [5, 5.41) is 2.70. The molecule has 0 radical (unpaired) electrons. The van der Waals surface area contributed by atoms with Gasteiger partial charge in [-0.2, -0.15) is 0 Å². The first-order chi connectivity index (χ1) is 9.79. The summed E-state index contributed by atoms with van der Waals surface area (Å²) in [6.07, 6.45) is 4.51. The second-order valence-corrected chi connectivity index (χ2v) is 8.40. The maximum Gasteiger partial charge on any atom is 0.261 e. The van der Waals surface area contributed by atoms with Crippen molar-refractivity contribution < 1.29 is 13.2 Å². The van der Waals surface area contributed by atoms with Crippen molar-refractivity contribution in [3.63, 3.8) is 0 Å². The Bertz CT molecular complexity index is 657. The molecule has 21 heavy (non-hydrogen) atoms. The molecule has 0 aliphatic heterocycles. The highest BCUT2D eigenvalue weighted by Gasteiger charge is 2.21. The Labute approximate surface area is 138 Å². The summed E-state index contributed by atoms with van der Waals surface area (Å²) in [4.78, 5) is 11.8. The topological polar surface area (TPSA) is 63.2 Å². The van der Waals surface area contributed by atoms with Gasteiger partial charge in [0.15, 0.2) is 0 Å². The van der Waals surface area contributed by atoms with Crippen LogP contribution in [0.2, 0.25) is 10.0 Å². The molecule has 1 saturated carbocycles. The summed E-state index contributed by atoms with van der Waals surface area (Å²) >= 11 is 11.8. The van der Waals surface area contributed by atoms with E-state index < -0.39 is 15.0 Å². The van der Waals surface area contributed by atoms with Crippen LogP contribution >= 0.6 is 33.9 Å². The Morgan fingerprint density at radius 2 is 1.95 bits per heavy atom. The molecule has 1 aromatic carbocycles. The van der Waals surface area contributed by atoms with Gasteiger partial charge in [0.2, 0.25) is 0 Å². The highest BCUT2D eigenvalue weighted by molar-refractivity contribution is 8.13. The minimum absolute atomic E-state index is 0.00909. The summed E-state index contributed by atoms with van der Waals surface area (Å²) in [7, 11) is 1.29. The average molecular weight is 371 g/mol. The van der Waals surface area contributed by atoms with Gasteiger partial charge in [-0.25, -0.2) is 8.42 Å². The van der Waals surface area contributed by atoms with Crippen molar-refractivity contribution in [1.29, 1.82) is 0 Å². The van der Waals surface area contributed by atoms with Crippen LogP contribution in [0.5, 0.6) is 0 Å². The summed E-state index contributed by atoms with van der Waals surface area (Å²) in [6.45, 7) is 0.515. The molecule has 1 aliphatic rings. The van der Waals surface area contributed by atoms with E-state index in [2.05, 4.69) is 5.32 Å². The van der Waals surface area contributed by atoms with E-state index in [1.54, 1.807) is 0 Å². The molecule has 0 spiro atoms. The number of carbonyl (C=O) groups excluding carboxylic acids is 1. The average Bonchev–Trinajstić information content (AvgIpc) is 3.20. The van der Waals surface area contributed by atoms with Gasteiger partial charge in [-0.3, -0.25) is 4.79 Å². The third-order valence-electron chi connectivity index (χ3n) is 3.30. The van der Waals surface area contributed by atoms with Crippen molar-refractivity contribution in [2.45, 2.75) is 30.6 Å². The van der Waals surface area contributed by atoms with Gasteiger partial charge in [-0.1, -0.05) is 36.0 Å². The highest BCUT2D eigenvalue weighted by Crippen LogP contribution is 2.33. The normalized spacial score (nSPS) is 15.0. The van der Waals surface area contributed by atoms with E-state index >= 15 is 0 Å². The number of benzene rings is 1. The smallest absolute Gasteiger partial charge is 0.261 e. The van der Waals surface area contributed by atoms with E-state index in [0.717, 1.165) is 30.9 Å². The third kappa shape index (κ3) is 4.74. The van der Waals surface area contributed by atoms with Crippen molar-refractivity contribution in [3.8, 4) is 0 Å². The standard InChI is InChI=1S/C13H14Cl3NO3S/c14-11-7-9(21(16,19)20)6-10(12(11)15)13(18)17-5-1-2-8-3-4-8/h6-8H,1-5H2,(H,17,18). The van der Waals surface area contributed by atoms with Crippen LogP contribution in [0.3, 0.4) is 0 Å². The quantitative estimate of drug-likeness (QED) is 0.611. The molecule has 1 aromatic rings. The number of nitrogens with one attached hydrogen (secondary N) is 1. The van der Waals surface area contributed by atoms with Gasteiger partial charge in [-0.15, -0.1) is 0 Å². The van der Waals surface area contributed by atoms with E-state index in [1.165, 1.54) is 12.8 Å². The Kier molecular flexibility index (Phi) is 5.41. The SMILES string of the molecule is O=C(NCCCC1CC1)c1cc(S(=O)(=O)Cl)cc(Cl)c1Cl. The molecule has 0 bridgehead atoms. The zero-order chi connectivity index (χ0) is 15.6. The number of hydrogen-bond acceptors (Lipinski definition) is 3. The molecule has 2 rings (SSSR count). The van der Waals surface area contributed by atoms with Gasteiger partial charge in [0.05, 0.1) is 20.5 Å². The van der Waals surface area contributed by atoms with Crippen molar-refractivity contribution in [2.75, 3.05) is 6.54 Å². The Hall–Kier alpha value is -0.490. The molecule has 0 saturated heterocycles. The highest BCUT2D eigenvalue weighted by atomic mass is 35.7. The third-order valence-corrected chi connectivity index (χ3v) is 5.43. The molecule has 0 unspecified atom stereocenters. The molecule has 1 aliphatic carbocycles. The summed E-state index contributed by atoms with van der Waals surface area (Å²) in [5.41, 5.74) is 0.00909. The monoisotopic (exact) mass is 369 g/mol. The van der Waals surface area contributed by atoms with Crippen LogP contribution in [0.15, 0.2) is 17.0 Å². The number of hydrogen-bond donors (Lipinski definition) is 1. The molecular weight excluding hydrogens is 357 g/mol. The number of amides is 1. The molecule has 0 aromatic heterocycles. The Morgan fingerprint density at radius 1 is 1.29 bits per heavy atom. The zero-order valence-corrected chi connectivity index (χ0v) is 14.1. The predicted molar refractivity (Wildman–Crippen MR) is 83.8 cm³/mol. The fraction of sp³-hybridized carbons (Fsp3) is 0.462. The molecular formula is C13H14Cl3NO3S. The van der Waals surface area contributed by atoms with Crippen molar-refractivity contribution in [1.82, 2.24) is 5.32 Å². The van der Waals surface area contributed by atoms with Crippen molar-refractivity contribution in [2.24, 2.45) is 5.92 Å². The molecule has 116 valence electrons. The van der Waals surface area contributed by atoms with Gasteiger partial charge in [0.1, 0.15) is 0 Å². The summed E-state index contributed by atoms with van der Waals surface area (Å²) < 4.78 is 22.7. The second kappa shape index (κ2) is 6.73. The largest absolute Gasteiger partial charge is 0.352 e. The van der Waals surface area contributed by atoms with Gasteiger partial charge in [0, 0.05) is 17.2 Å². The predicted octanol–water partition coefficient (Wildman–Crippen LogP) is 3.84. The lowest BCUT2D eigenvalue weighted by atomic mass is 10.2. The minimum atomic E-state index is -3.98.